The van der Waals surface area contributed by atoms with Crippen LogP contribution in [0.3, 0.4) is 0 Å². The van der Waals surface area contributed by atoms with Crippen LogP contribution in [0.1, 0.15) is 11.1 Å². The number of carboxylic acid groups (broad SMARTS) is 1. The Balaban J connectivity index is 1.77. The summed E-state index contributed by atoms with van der Waals surface area (Å²) in [5, 5.41) is 14.6. The van der Waals surface area contributed by atoms with Crippen LogP contribution in [0, 0.1) is 0 Å². The molecule has 5 heteroatoms. The number of rotatable bonds is 4. The van der Waals surface area contributed by atoms with E-state index in [-0.39, 0.29) is 12.3 Å². The molecule has 0 unspecified atom stereocenters. The van der Waals surface area contributed by atoms with E-state index in [1.165, 1.54) is 0 Å². The zero-order valence-electron chi connectivity index (χ0n) is 11.7. The molecule has 110 valence electrons. The first kappa shape index (κ1) is 13.9. The fourth-order valence-corrected chi connectivity index (χ4v) is 2.33. The highest BCUT2D eigenvalue weighted by Crippen LogP contribution is 2.31. The first-order valence-corrected chi connectivity index (χ1v) is 6.82. The third-order valence-electron chi connectivity index (χ3n) is 3.40. The normalized spacial score (nSPS) is 14.5. The van der Waals surface area contributed by atoms with E-state index >= 15 is 0 Å². The van der Waals surface area contributed by atoms with Gasteiger partial charge in [-0.1, -0.05) is 30.3 Å². The first-order chi connectivity index (χ1) is 10.6. The monoisotopic (exact) mass is 294 g/mol. The molecule has 1 aliphatic rings. The van der Waals surface area contributed by atoms with Crippen molar-refractivity contribution in [3.63, 3.8) is 0 Å². The molecule has 0 aliphatic carbocycles. The molecule has 22 heavy (non-hydrogen) atoms. The van der Waals surface area contributed by atoms with Gasteiger partial charge in [0.15, 0.2) is 0 Å². The van der Waals surface area contributed by atoms with Gasteiger partial charge in [0, 0.05) is 23.1 Å². The predicted molar refractivity (Wildman–Crippen MR) is 84.5 cm³/mol. The van der Waals surface area contributed by atoms with Gasteiger partial charge in [-0.15, -0.1) is 0 Å². The van der Waals surface area contributed by atoms with Gasteiger partial charge in [0.2, 0.25) is 0 Å². The van der Waals surface area contributed by atoms with Crippen LogP contribution in [0.15, 0.2) is 54.7 Å². The highest BCUT2D eigenvalue weighted by Gasteiger charge is 2.23. The van der Waals surface area contributed by atoms with Crippen molar-refractivity contribution >= 4 is 28.8 Å². The second-order valence-electron chi connectivity index (χ2n) is 4.97. The largest absolute Gasteiger partial charge is 0.481 e. The molecule has 0 fully saturated rings. The maximum absolute atomic E-state index is 11.9. The second kappa shape index (κ2) is 5.73. The van der Waals surface area contributed by atoms with Crippen LogP contribution < -0.4 is 10.6 Å². The van der Waals surface area contributed by atoms with Crippen LogP contribution in [-0.4, -0.2) is 17.0 Å². The molecule has 3 rings (SSSR count). The Morgan fingerprint density at radius 3 is 2.59 bits per heavy atom. The van der Waals surface area contributed by atoms with Gasteiger partial charge in [0.05, 0.1) is 12.0 Å². The molecule has 0 radical (unpaired) electrons. The van der Waals surface area contributed by atoms with Gasteiger partial charge in [-0.25, -0.2) is 0 Å². The van der Waals surface area contributed by atoms with Crippen molar-refractivity contribution in [1.29, 1.82) is 0 Å². The van der Waals surface area contributed by atoms with Gasteiger partial charge >= 0.3 is 5.97 Å². The van der Waals surface area contributed by atoms with Crippen LogP contribution in [-0.2, 0) is 16.0 Å². The summed E-state index contributed by atoms with van der Waals surface area (Å²) < 4.78 is 0. The lowest BCUT2D eigenvalue weighted by Crippen LogP contribution is -2.05. The van der Waals surface area contributed by atoms with Crippen LogP contribution in [0.25, 0.3) is 5.57 Å². The standard InChI is InChI=1S/C17H14N2O3/c20-16(21)9-11-5-7-12(8-6-11)18-10-14-13-3-1-2-4-15(13)19-17(14)22/h1-8,10,18H,9H2,(H,19,22)(H,20,21)/b14-10-. The Bertz CT molecular complexity index is 764. The summed E-state index contributed by atoms with van der Waals surface area (Å²) in [7, 11) is 0. The Hall–Kier alpha value is -3.08. The number of benzene rings is 2. The van der Waals surface area contributed by atoms with E-state index in [1.54, 1.807) is 30.5 Å². The van der Waals surface area contributed by atoms with E-state index in [0.717, 1.165) is 22.5 Å². The Morgan fingerprint density at radius 1 is 1.14 bits per heavy atom. The summed E-state index contributed by atoms with van der Waals surface area (Å²) in [4.78, 5) is 22.6. The van der Waals surface area contributed by atoms with Crippen LogP contribution in [0.5, 0.6) is 0 Å². The molecule has 0 atom stereocenters. The summed E-state index contributed by atoms with van der Waals surface area (Å²) in [5.41, 5.74) is 3.76. The summed E-state index contributed by atoms with van der Waals surface area (Å²) in [6.07, 6.45) is 1.66. The minimum Gasteiger partial charge on any atom is -0.481 e. The molecule has 0 spiro atoms. The smallest absolute Gasteiger partial charge is 0.307 e. The minimum atomic E-state index is -0.859. The first-order valence-electron chi connectivity index (χ1n) is 6.82. The van der Waals surface area contributed by atoms with E-state index in [1.807, 2.05) is 24.3 Å². The van der Waals surface area contributed by atoms with Crippen molar-refractivity contribution < 1.29 is 14.7 Å². The van der Waals surface area contributed by atoms with Crippen molar-refractivity contribution in [2.45, 2.75) is 6.42 Å². The Labute approximate surface area is 127 Å². The van der Waals surface area contributed by atoms with E-state index < -0.39 is 5.97 Å². The lowest BCUT2D eigenvalue weighted by atomic mass is 10.1. The summed E-state index contributed by atoms with van der Waals surface area (Å²) >= 11 is 0. The number of hydrogen-bond donors (Lipinski definition) is 3. The minimum absolute atomic E-state index is 0.00283. The number of anilines is 2. The number of carboxylic acids is 1. The molecule has 1 heterocycles. The maximum atomic E-state index is 11.9. The predicted octanol–water partition coefficient (Wildman–Crippen LogP) is 2.72. The number of aliphatic carboxylic acids is 1. The number of fused-ring (bicyclic) bond motifs is 1. The SMILES string of the molecule is O=C(O)Cc1ccc(N/C=C2\C(=O)Nc3ccccc32)cc1. The van der Waals surface area contributed by atoms with Crippen LogP contribution >= 0.6 is 0 Å². The maximum Gasteiger partial charge on any atom is 0.307 e. The molecule has 0 bridgehead atoms. The average molecular weight is 294 g/mol. The second-order valence-corrected chi connectivity index (χ2v) is 4.97. The van der Waals surface area contributed by atoms with Crippen molar-refractivity contribution in [3.8, 4) is 0 Å². The molecule has 5 nitrogen and oxygen atoms in total. The molecular formula is C17H14N2O3. The zero-order valence-corrected chi connectivity index (χ0v) is 11.7. The third kappa shape index (κ3) is 2.83. The zero-order chi connectivity index (χ0) is 15.5. The number of hydrogen-bond acceptors (Lipinski definition) is 3. The van der Waals surface area contributed by atoms with Crippen LogP contribution in [0.2, 0.25) is 0 Å². The number of amides is 1. The molecule has 0 saturated heterocycles. The molecule has 1 amide bonds. The average Bonchev–Trinajstić information content (AvgIpc) is 2.81. The highest BCUT2D eigenvalue weighted by atomic mass is 16.4. The van der Waals surface area contributed by atoms with Crippen molar-refractivity contribution in [2.75, 3.05) is 10.6 Å². The van der Waals surface area contributed by atoms with Crippen molar-refractivity contribution in [1.82, 2.24) is 0 Å². The number of carbonyl (C=O) groups is 2. The van der Waals surface area contributed by atoms with Gasteiger partial charge < -0.3 is 15.7 Å². The van der Waals surface area contributed by atoms with E-state index in [9.17, 15) is 9.59 Å². The summed E-state index contributed by atoms with van der Waals surface area (Å²) in [6.45, 7) is 0. The van der Waals surface area contributed by atoms with Gasteiger partial charge in [-0.2, -0.15) is 0 Å². The lowest BCUT2D eigenvalue weighted by Gasteiger charge is -2.04. The van der Waals surface area contributed by atoms with Gasteiger partial charge in [-0.3, -0.25) is 9.59 Å². The fraction of sp³-hybridized carbons (Fsp3) is 0.0588. The topological polar surface area (TPSA) is 78.4 Å². The molecule has 2 aromatic carbocycles. The van der Waals surface area contributed by atoms with Crippen LogP contribution in [0.4, 0.5) is 11.4 Å². The molecular weight excluding hydrogens is 280 g/mol. The van der Waals surface area contributed by atoms with Crippen molar-refractivity contribution in [3.05, 3.63) is 65.9 Å². The van der Waals surface area contributed by atoms with E-state index in [0.29, 0.717) is 5.57 Å². The van der Waals surface area contributed by atoms with E-state index in [4.69, 9.17) is 5.11 Å². The third-order valence-corrected chi connectivity index (χ3v) is 3.40. The van der Waals surface area contributed by atoms with Gasteiger partial charge in [0.25, 0.3) is 5.91 Å². The fourth-order valence-electron chi connectivity index (χ4n) is 2.33. The molecule has 1 aliphatic heterocycles. The lowest BCUT2D eigenvalue weighted by molar-refractivity contribution is -0.136. The van der Waals surface area contributed by atoms with Crippen molar-refractivity contribution in [2.24, 2.45) is 0 Å². The van der Waals surface area contributed by atoms with Gasteiger partial charge in [-0.05, 0) is 23.8 Å². The number of para-hydroxylation sites is 1. The molecule has 0 saturated carbocycles. The number of carbonyl (C=O) groups excluding carboxylic acids is 1. The Morgan fingerprint density at radius 2 is 1.86 bits per heavy atom. The molecule has 3 N–H and O–H groups in total. The number of nitrogens with one attached hydrogen (secondary N) is 2. The van der Waals surface area contributed by atoms with Gasteiger partial charge in [0.1, 0.15) is 0 Å². The highest BCUT2D eigenvalue weighted by molar-refractivity contribution is 6.31. The summed E-state index contributed by atoms with van der Waals surface area (Å²) in [5.74, 6) is -1.00. The quantitative estimate of drug-likeness (QED) is 0.758. The molecule has 2 aromatic rings. The summed E-state index contributed by atoms with van der Waals surface area (Å²) in [6, 6.07) is 14.6. The Kier molecular flexibility index (Phi) is 3.62. The van der Waals surface area contributed by atoms with E-state index in [2.05, 4.69) is 10.6 Å². The molecule has 0 aromatic heterocycles.